The molecule has 18 heavy (non-hydrogen) atoms. The van der Waals surface area contributed by atoms with Crippen LogP contribution in [0.1, 0.15) is 0 Å². The number of nitrogens with one attached hydrogen (secondary N) is 1. The normalized spacial score (nSPS) is 10.2. The monoisotopic (exact) mass is 235 g/mol. The van der Waals surface area contributed by atoms with Gasteiger partial charge in [-0.3, -0.25) is 5.10 Å². The lowest BCUT2D eigenvalue weighted by Crippen LogP contribution is -1.84. The van der Waals surface area contributed by atoms with Crippen LogP contribution in [0.3, 0.4) is 0 Å². The number of hydrogen-bond acceptors (Lipinski definition) is 2. The molecule has 0 fully saturated rings. The molecular formula is C15H11N2O. The molecule has 2 aromatic carbocycles. The molecule has 3 rings (SSSR count). The summed E-state index contributed by atoms with van der Waals surface area (Å²) >= 11 is 0. The Morgan fingerprint density at radius 2 is 1.61 bits per heavy atom. The molecule has 0 aliphatic rings. The van der Waals surface area contributed by atoms with Gasteiger partial charge in [0.25, 0.3) is 0 Å². The minimum Gasteiger partial charge on any atom is -0.457 e. The van der Waals surface area contributed by atoms with E-state index in [4.69, 9.17) is 4.74 Å². The van der Waals surface area contributed by atoms with Crippen molar-refractivity contribution in [3.8, 4) is 22.8 Å². The molecule has 3 heteroatoms. The number of benzene rings is 2. The van der Waals surface area contributed by atoms with Gasteiger partial charge >= 0.3 is 0 Å². The fourth-order valence-electron chi connectivity index (χ4n) is 1.69. The van der Waals surface area contributed by atoms with Gasteiger partial charge in [0.05, 0.1) is 11.9 Å². The second kappa shape index (κ2) is 4.75. The molecule has 0 bridgehead atoms. The quantitative estimate of drug-likeness (QED) is 0.752. The molecule has 1 radical (unpaired) electrons. The van der Waals surface area contributed by atoms with E-state index in [9.17, 15) is 0 Å². The van der Waals surface area contributed by atoms with Gasteiger partial charge in [-0.1, -0.05) is 18.2 Å². The second-order valence-corrected chi connectivity index (χ2v) is 3.84. The molecule has 1 N–H and O–H groups in total. The van der Waals surface area contributed by atoms with Gasteiger partial charge in [0, 0.05) is 5.56 Å². The molecular weight excluding hydrogens is 224 g/mol. The summed E-state index contributed by atoms with van der Waals surface area (Å²) in [6.45, 7) is 0. The minimum absolute atomic E-state index is 0.810. The largest absolute Gasteiger partial charge is 0.457 e. The number of rotatable bonds is 3. The van der Waals surface area contributed by atoms with Crippen molar-refractivity contribution < 1.29 is 4.74 Å². The van der Waals surface area contributed by atoms with E-state index >= 15 is 0 Å². The highest BCUT2D eigenvalue weighted by Crippen LogP contribution is 2.24. The maximum atomic E-state index is 5.71. The van der Waals surface area contributed by atoms with Crippen molar-refractivity contribution in [2.45, 2.75) is 0 Å². The first-order valence-electron chi connectivity index (χ1n) is 5.66. The van der Waals surface area contributed by atoms with Crippen LogP contribution in [0, 0.1) is 6.20 Å². The fraction of sp³-hybridized carbons (Fsp3) is 0. The molecule has 0 atom stereocenters. The third-order valence-electron chi connectivity index (χ3n) is 2.58. The maximum Gasteiger partial charge on any atom is 0.127 e. The highest BCUT2D eigenvalue weighted by atomic mass is 16.5. The third-order valence-corrected chi connectivity index (χ3v) is 2.58. The zero-order valence-electron chi connectivity index (χ0n) is 9.63. The number of para-hydroxylation sites is 1. The molecule has 0 spiro atoms. The Bertz CT molecular complexity index is 601. The minimum atomic E-state index is 0.810. The van der Waals surface area contributed by atoms with Crippen LogP contribution in [0.5, 0.6) is 11.5 Å². The molecule has 0 aliphatic heterocycles. The van der Waals surface area contributed by atoms with Crippen molar-refractivity contribution in [3.05, 3.63) is 66.9 Å². The van der Waals surface area contributed by atoms with Gasteiger partial charge in [-0.05, 0) is 42.5 Å². The molecule has 1 heterocycles. The van der Waals surface area contributed by atoms with E-state index in [0.29, 0.717) is 0 Å². The maximum absolute atomic E-state index is 5.71. The summed E-state index contributed by atoms with van der Waals surface area (Å²) in [7, 11) is 0. The predicted molar refractivity (Wildman–Crippen MR) is 69.4 cm³/mol. The topological polar surface area (TPSA) is 37.9 Å². The number of H-pyrrole nitrogens is 1. The van der Waals surface area contributed by atoms with E-state index in [1.807, 2.05) is 60.7 Å². The summed E-state index contributed by atoms with van der Waals surface area (Å²) in [4.78, 5) is 0. The highest BCUT2D eigenvalue weighted by Gasteiger charge is 2.01. The van der Waals surface area contributed by atoms with E-state index in [1.54, 1.807) is 0 Å². The smallest absolute Gasteiger partial charge is 0.127 e. The van der Waals surface area contributed by atoms with E-state index in [1.165, 1.54) is 0 Å². The Hall–Kier alpha value is -2.55. The van der Waals surface area contributed by atoms with Gasteiger partial charge in [0.15, 0.2) is 0 Å². The molecule has 1 aromatic heterocycles. The van der Waals surface area contributed by atoms with Crippen LogP contribution in [0.15, 0.2) is 60.7 Å². The average molecular weight is 235 g/mol. The fourth-order valence-corrected chi connectivity index (χ4v) is 1.69. The Morgan fingerprint density at radius 3 is 2.28 bits per heavy atom. The molecule has 0 saturated carbocycles. The van der Waals surface area contributed by atoms with Crippen molar-refractivity contribution in [2.24, 2.45) is 0 Å². The van der Waals surface area contributed by atoms with Crippen LogP contribution in [-0.4, -0.2) is 10.2 Å². The molecule has 0 saturated heterocycles. The Labute approximate surface area is 105 Å². The number of nitrogens with zero attached hydrogens (tertiary/aromatic N) is 1. The summed E-state index contributed by atoms with van der Waals surface area (Å²) in [5, 5.41) is 6.76. The SMILES string of the molecule is [c]1cc(-c2ccc(Oc3ccccc3)cc2)n[nH]1. The highest BCUT2D eigenvalue weighted by molar-refractivity contribution is 5.59. The van der Waals surface area contributed by atoms with Crippen LogP contribution in [0.25, 0.3) is 11.3 Å². The van der Waals surface area contributed by atoms with Crippen molar-refractivity contribution in [1.29, 1.82) is 0 Å². The van der Waals surface area contributed by atoms with Crippen molar-refractivity contribution in [1.82, 2.24) is 10.2 Å². The predicted octanol–water partition coefficient (Wildman–Crippen LogP) is 3.67. The molecule has 87 valence electrons. The Kier molecular flexibility index (Phi) is 2.80. The molecule has 0 unspecified atom stereocenters. The lowest BCUT2D eigenvalue weighted by atomic mass is 10.1. The number of aromatic amines is 1. The van der Waals surface area contributed by atoms with Crippen molar-refractivity contribution >= 4 is 0 Å². The third kappa shape index (κ3) is 2.25. The number of hydrogen-bond donors (Lipinski definition) is 1. The molecule has 0 aliphatic carbocycles. The lowest BCUT2D eigenvalue weighted by molar-refractivity contribution is 0.483. The van der Waals surface area contributed by atoms with E-state index in [0.717, 1.165) is 22.8 Å². The van der Waals surface area contributed by atoms with Gasteiger partial charge in [0.1, 0.15) is 11.5 Å². The van der Waals surface area contributed by atoms with Crippen LogP contribution < -0.4 is 4.74 Å². The van der Waals surface area contributed by atoms with Crippen LogP contribution >= 0.6 is 0 Å². The van der Waals surface area contributed by atoms with Crippen molar-refractivity contribution in [3.63, 3.8) is 0 Å². The van der Waals surface area contributed by atoms with E-state index < -0.39 is 0 Å². The van der Waals surface area contributed by atoms with E-state index in [-0.39, 0.29) is 0 Å². The summed E-state index contributed by atoms with van der Waals surface area (Å²) < 4.78 is 5.71. The molecule has 3 nitrogen and oxygen atoms in total. The lowest BCUT2D eigenvalue weighted by Gasteiger charge is -2.05. The number of aromatic nitrogens is 2. The van der Waals surface area contributed by atoms with Crippen LogP contribution in [0.4, 0.5) is 0 Å². The summed E-state index contributed by atoms with van der Waals surface area (Å²) in [6.07, 6.45) is 2.82. The zero-order valence-corrected chi connectivity index (χ0v) is 9.63. The Morgan fingerprint density at radius 1 is 0.889 bits per heavy atom. The average Bonchev–Trinajstić information content (AvgIpc) is 2.95. The van der Waals surface area contributed by atoms with Crippen molar-refractivity contribution in [2.75, 3.05) is 0 Å². The number of ether oxygens (including phenoxy) is 1. The van der Waals surface area contributed by atoms with Gasteiger partial charge in [0.2, 0.25) is 0 Å². The van der Waals surface area contributed by atoms with Crippen LogP contribution in [-0.2, 0) is 0 Å². The second-order valence-electron chi connectivity index (χ2n) is 3.84. The first-order chi connectivity index (χ1) is 8.92. The summed E-state index contributed by atoms with van der Waals surface area (Å²) in [5.74, 6) is 1.64. The Balaban J connectivity index is 1.80. The molecule has 3 aromatic rings. The molecule has 0 amide bonds. The van der Waals surface area contributed by atoms with Crippen LogP contribution in [0.2, 0.25) is 0 Å². The summed E-state index contributed by atoms with van der Waals surface area (Å²) in [5.41, 5.74) is 1.91. The zero-order chi connectivity index (χ0) is 12.2. The first kappa shape index (κ1) is 10.6. The summed E-state index contributed by atoms with van der Waals surface area (Å²) in [6, 6.07) is 19.3. The van der Waals surface area contributed by atoms with Gasteiger partial charge < -0.3 is 4.74 Å². The first-order valence-corrected chi connectivity index (χ1v) is 5.66. The van der Waals surface area contributed by atoms with Gasteiger partial charge in [-0.2, -0.15) is 5.10 Å². The van der Waals surface area contributed by atoms with E-state index in [2.05, 4.69) is 16.4 Å². The standard InChI is InChI=1S/C15H11N2O/c1-2-4-13(5-3-1)18-14-8-6-12(7-9-14)15-10-11-16-17-15/h1-10H,(H,16,17). The van der Waals surface area contributed by atoms with Gasteiger partial charge in [-0.25, -0.2) is 0 Å². The van der Waals surface area contributed by atoms with Gasteiger partial charge in [-0.15, -0.1) is 0 Å².